The number of carbonyl (C=O) groups excluding carboxylic acids is 2. The van der Waals surface area contributed by atoms with Crippen LogP contribution in [0, 0.1) is 13.8 Å². The summed E-state index contributed by atoms with van der Waals surface area (Å²) in [6.45, 7) is 5.09. The predicted octanol–water partition coefficient (Wildman–Crippen LogP) is 4.59. The van der Waals surface area contributed by atoms with Gasteiger partial charge in [0.1, 0.15) is 0 Å². The molecule has 7 nitrogen and oxygen atoms in total. The van der Waals surface area contributed by atoms with Gasteiger partial charge >= 0.3 is 0 Å². The van der Waals surface area contributed by atoms with E-state index in [0.29, 0.717) is 16.8 Å². The molecule has 1 aliphatic rings. The molecule has 3 aromatic carbocycles. The van der Waals surface area contributed by atoms with Crippen molar-refractivity contribution in [3.8, 4) is 0 Å². The van der Waals surface area contributed by atoms with Gasteiger partial charge in [0.2, 0.25) is 0 Å². The van der Waals surface area contributed by atoms with Gasteiger partial charge in [-0.1, -0.05) is 24.3 Å². The lowest BCUT2D eigenvalue weighted by Gasteiger charge is -2.16. The van der Waals surface area contributed by atoms with Crippen LogP contribution in [0.25, 0.3) is 0 Å². The van der Waals surface area contributed by atoms with Crippen LogP contribution in [0.15, 0.2) is 71.6 Å². The largest absolute Gasteiger partial charge is 0.339 e. The predicted molar refractivity (Wildman–Crippen MR) is 133 cm³/mol. The fourth-order valence-electron chi connectivity index (χ4n) is 3.96. The van der Waals surface area contributed by atoms with Crippen LogP contribution in [0.5, 0.6) is 0 Å². The fraction of sp³-hybridized carbons (Fsp3) is 0.231. The number of para-hydroxylation sites is 1. The summed E-state index contributed by atoms with van der Waals surface area (Å²) in [5.41, 5.74) is 2.89. The lowest BCUT2D eigenvalue weighted by Crippen LogP contribution is -2.27. The van der Waals surface area contributed by atoms with Crippen LogP contribution in [0.1, 0.15) is 44.7 Å². The van der Waals surface area contributed by atoms with Crippen molar-refractivity contribution >= 4 is 33.2 Å². The lowest BCUT2D eigenvalue weighted by molar-refractivity contribution is 0.0792. The maximum Gasteiger partial charge on any atom is 0.262 e. The third-order valence-corrected chi connectivity index (χ3v) is 7.34. The molecule has 2 N–H and O–H groups in total. The molecule has 1 fully saturated rings. The standard InChI is InChI=1S/C26H27N3O4S/c1-18-9-10-19(2)24(17-18)34(32,33)28-23-8-4-3-7-22(23)25(30)27-21-13-11-20(12-14-21)26(31)29-15-5-6-16-29/h3-4,7-14,17,28H,5-6,15-16H2,1-2H3,(H,27,30). The van der Waals surface area contributed by atoms with Crippen molar-refractivity contribution in [1.29, 1.82) is 0 Å². The lowest BCUT2D eigenvalue weighted by atomic mass is 10.1. The second-order valence-corrected chi connectivity index (χ2v) is 10.1. The Bertz CT molecular complexity index is 1330. The van der Waals surface area contributed by atoms with Crippen molar-refractivity contribution in [2.75, 3.05) is 23.1 Å². The molecule has 1 saturated heterocycles. The molecule has 0 bridgehead atoms. The van der Waals surface area contributed by atoms with Crippen LogP contribution in [0.2, 0.25) is 0 Å². The highest BCUT2D eigenvalue weighted by Crippen LogP contribution is 2.24. The average Bonchev–Trinajstić information content (AvgIpc) is 3.36. The molecule has 1 aliphatic heterocycles. The number of nitrogens with one attached hydrogen (secondary N) is 2. The topological polar surface area (TPSA) is 95.6 Å². The second-order valence-electron chi connectivity index (χ2n) is 8.45. The first kappa shape index (κ1) is 23.5. The average molecular weight is 478 g/mol. The normalized spacial score (nSPS) is 13.5. The number of aryl methyl sites for hydroxylation is 2. The molecule has 1 heterocycles. The first-order chi connectivity index (χ1) is 16.2. The van der Waals surface area contributed by atoms with E-state index < -0.39 is 15.9 Å². The SMILES string of the molecule is Cc1ccc(C)c(S(=O)(=O)Nc2ccccc2C(=O)Nc2ccc(C(=O)N3CCCC3)cc2)c1. The summed E-state index contributed by atoms with van der Waals surface area (Å²) in [4.78, 5) is 27.5. The summed E-state index contributed by atoms with van der Waals surface area (Å²) in [7, 11) is -3.89. The Morgan fingerprint density at radius 1 is 0.882 bits per heavy atom. The second kappa shape index (κ2) is 9.69. The molecule has 8 heteroatoms. The summed E-state index contributed by atoms with van der Waals surface area (Å²) in [5, 5.41) is 2.78. The fourth-order valence-corrected chi connectivity index (χ4v) is 5.37. The summed E-state index contributed by atoms with van der Waals surface area (Å²) < 4.78 is 28.6. The molecule has 0 atom stereocenters. The van der Waals surface area contributed by atoms with E-state index in [2.05, 4.69) is 10.0 Å². The number of likely N-dealkylation sites (tertiary alicyclic amines) is 1. The highest BCUT2D eigenvalue weighted by molar-refractivity contribution is 7.92. The molecule has 0 spiro atoms. The third-order valence-electron chi connectivity index (χ3n) is 5.83. The molecule has 2 amide bonds. The third kappa shape index (κ3) is 5.12. The molecular formula is C26H27N3O4S. The first-order valence-electron chi connectivity index (χ1n) is 11.1. The maximum absolute atomic E-state index is 13.0. The van der Waals surface area contributed by atoms with Gasteiger partial charge in [-0.05, 0) is 80.3 Å². The number of hydrogen-bond acceptors (Lipinski definition) is 4. The van der Waals surface area contributed by atoms with Gasteiger partial charge in [-0.3, -0.25) is 14.3 Å². The molecule has 0 radical (unpaired) electrons. The van der Waals surface area contributed by atoms with Crippen LogP contribution in [0.4, 0.5) is 11.4 Å². The molecule has 176 valence electrons. The van der Waals surface area contributed by atoms with E-state index in [-0.39, 0.29) is 22.1 Å². The van der Waals surface area contributed by atoms with Gasteiger partial charge in [-0.2, -0.15) is 0 Å². The minimum Gasteiger partial charge on any atom is -0.339 e. The van der Waals surface area contributed by atoms with Gasteiger partial charge < -0.3 is 10.2 Å². The summed E-state index contributed by atoms with van der Waals surface area (Å²) in [6, 6.07) is 18.4. The van der Waals surface area contributed by atoms with E-state index >= 15 is 0 Å². The maximum atomic E-state index is 13.0. The molecule has 0 aliphatic carbocycles. The zero-order valence-electron chi connectivity index (χ0n) is 19.2. The van der Waals surface area contributed by atoms with E-state index in [1.165, 1.54) is 0 Å². The van der Waals surface area contributed by atoms with Gasteiger partial charge in [-0.15, -0.1) is 0 Å². The van der Waals surface area contributed by atoms with Crippen molar-refractivity contribution in [1.82, 2.24) is 4.90 Å². The van der Waals surface area contributed by atoms with Gasteiger partial charge in [0.25, 0.3) is 21.8 Å². The molecule has 3 aromatic rings. The van der Waals surface area contributed by atoms with Gasteiger partial charge in [-0.25, -0.2) is 8.42 Å². The quantitative estimate of drug-likeness (QED) is 0.543. The molecular weight excluding hydrogens is 450 g/mol. The van der Waals surface area contributed by atoms with Gasteiger partial charge in [0.05, 0.1) is 16.1 Å². The van der Waals surface area contributed by atoms with Crippen molar-refractivity contribution in [2.24, 2.45) is 0 Å². The minimum atomic E-state index is -3.89. The van der Waals surface area contributed by atoms with Crippen LogP contribution >= 0.6 is 0 Å². The Labute approximate surface area is 199 Å². The van der Waals surface area contributed by atoms with Crippen LogP contribution < -0.4 is 10.0 Å². The number of nitrogens with zero attached hydrogens (tertiary/aromatic N) is 1. The van der Waals surface area contributed by atoms with Crippen molar-refractivity contribution in [3.05, 3.63) is 89.0 Å². The Morgan fingerprint density at radius 2 is 1.56 bits per heavy atom. The zero-order valence-corrected chi connectivity index (χ0v) is 20.0. The summed E-state index contributed by atoms with van der Waals surface area (Å²) in [6.07, 6.45) is 2.04. The van der Waals surface area contributed by atoms with Crippen LogP contribution in [-0.4, -0.2) is 38.2 Å². The highest BCUT2D eigenvalue weighted by Gasteiger charge is 2.22. The van der Waals surface area contributed by atoms with Crippen LogP contribution in [0.3, 0.4) is 0 Å². The zero-order chi connectivity index (χ0) is 24.3. The monoisotopic (exact) mass is 477 g/mol. The number of sulfonamides is 1. The Morgan fingerprint density at radius 3 is 2.26 bits per heavy atom. The number of rotatable bonds is 6. The van der Waals surface area contributed by atoms with Crippen molar-refractivity contribution in [2.45, 2.75) is 31.6 Å². The van der Waals surface area contributed by atoms with Gasteiger partial charge in [0, 0.05) is 24.3 Å². The Kier molecular flexibility index (Phi) is 6.70. The Hall–Kier alpha value is -3.65. The molecule has 34 heavy (non-hydrogen) atoms. The van der Waals surface area contributed by atoms with Crippen molar-refractivity contribution < 1.29 is 18.0 Å². The number of benzene rings is 3. The minimum absolute atomic E-state index is 0.0124. The summed E-state index contributed by atoms with van der Waals surface area (Å²) >= 11 is 0. The number of carbonyl (C=O) groups is 2. The molecule has 0 saturated carbocycles. The van der Waals surface area contributed by atoms with Gasteiger partial charge in [0.15, 0.2) is 0 Å². The van der Waals surface area contributed by atoms with Crippen molar-refractivity contribution in [3.63, 3.8) is 0 Å². The molecule has 4 rings (SSSR count). The van der Waals surface area contributed by atoms with Crippen LogP contribution in [-0.2, 0) is 10.0 Å². The first-order valence-corrected chi connectivity index (χ1v) is 12.6. The van der Waals surface area contributed by atoms with E-state index in [0.717, 1.165) is 31.5 Å². The van der Waals surface area contributed by atoms with E-state index in [9.17, 15) is 18.0 Å². The van der Waals surface area contributed by atoms with E-state index in [1.54, 1.807) is 67.6 Å². The van der Waals surface area contributed by atoms with E-state index in [4.69, 9.17) is 0 Å². The number of hydrogen-bond donors (Lipinski definition) is 2. The van der Waals surface area contributed by atoms with E-state index in [1.807, 2.05) is 17.9 Å². The molecule has 0 aromatic heterocycles. The highest BCUT2D eigenvalue weighted by atomic mass is 32.2. The Balaban J connectivity index is 1.51. The number of amides is 2. The number of anilines is 2. The molecule has 0 unspecified atom stereocenters. The summed E-state index contributed by atoms with van der Waals surface area (Å²) in [5.74, 6) is -0.473. The smallest absolute Gasteiger partial charge is 0.262 e.